The summed E-state index contributed by atoms with van der Waals surface area (Å²) in [4.78, 5) is 25.2. The van der Waals surface area contributed by atoms with Gasteiger partial charge in [0.2, 0.25) is 0 Å². The zero-order valence-electron chi connectivity index (χ0n) is 12.7. The minimum atomic E-state index is -0.821. The molecular weight excluding hydrogens is 256 g/mol. The molecule has 2 aliphatic carbocycles. The van der Waals surface area contributed by atoms with E-state index in [4.69, 9.17) is 0 Å². The highest BCUT2D eigenvalue weighted by molar-refractivity contribution is 5.77. The van der Waals surface area contributed by atoms with Gasteiger partial charge in [0.1, 0.15) is 0 Å². The van der Waals surface area contributed by atoms with Crippen molar-refractivity contribution in [3.8, 4) is 0 Å². The van der Waals surface area contributed by atoms with Crippen molar-refractivity contribution in [3.05, 3.63) is 0 Å². The Bertz CT molecular complexity index is 400. The number of hydrogen-bond donors (Lipinski definition) is 2. The molecule has 0 heterocycles. The van der Waals surface area contributed by atoms with Gasteiger partial charge in [-0.05, 0) is 24.7 Å². The van der Waals surface area contributed by atoms with Crippen LogP contribution in [0.5, 0.6) is 0 Å². The van der Waals surface area contributed by atoms with E-state index < -0.39 is 11.5 Å². The molecule has 0 spiro atoms. The molecule has 0 aromatic carbocycles. The summed E-state index contributed by atoms with van der Waals surface area (Å²) in [6.45, 7) is 4.26. The van der Waals surface area contributed by atoms with Crippen molar-refractivity contribution in [2.24, 2.45) is 5.41 Å². The van der Waals surface area contributed by atoms with Crippen LogP contribution in [0.3, 0.4) is 0 Å². The van der Waals surface area contributed by atoms with E-state index in [0.717, 1.165) is 38.5 Å². The lowest BCUT2D eigenvalue weighted by molar-refractivity contribution is -0.140. The summed E-state index contributed by atoms with van der Waals surface area (Å²) in [6, 6.07) is 0.103. The normalized spacial score (nSPS) is 26.6. The molecule has 1 atom stereocenters. The van der Waals surface area contributed by atoms with Crippen LogP contribution in [0.4, 0.5) is 4.79 Å². The standard InChI is InChI=1S/C15H26N2O3/c1-14(2)9-11(14)16-13(20)17(3)15(10-12(18)19)7-5-4-6-8-15/h11H,4-10H2,1-3H3,(H,16,20)(H,18,19). The Balaban J connectivity index is 2.03. The third-order valence-electron chi connectivity index (χ3n) is 5.09. The van der Waals surface area contributed by atoms with E-state index in [0.29, 0.717) is 0 Å². The summed E-state index contributed by atoms with van der Waals surface area (Å²) in [6.07, 6.45) is 5.75. The van der Waals surface area contributed by atoms with Crippen molar-refractivity contribution in [3.63, 3.8) is 0 Å². The molecule has 0 aliphatic heterocycles. The van der Waals surface area contributed by atoms with Crippen LogP contribution in [0.25, 0.3) is 0 Å². The first-order valence-electron chi connectivity index (χ1n) is 7.53. The number of aliphatic carboxylic acids is 1. The summed E-state index contributed by atoms with van der Waals surface area (Å²) < 4.78 is 0. The Morgan fingerprint density at radius 1 is 1.25 bits per heavy atom. The van der Waals surface area contributed by atoms with Gasteiger partial charge in [0.05, 0.1) is 12.0 Å². The minimum Gasteiger partial charge on any atom is -0.481 e. The molecule has 0 saturated heterocycles. The van der Waals surface area contributed by atoms with Crippen molar-refractivity contribution in [2.45, 2.75) is 70.4 Å². The zero-order valence-corrected chi connectivity index (χ0v) is 12.7. The third-order valence-corrected chi connectivity index (χ3v) is 5.09. The molecule has 2 aliphatic rings. The Morgan fingerprint density at radius 3 is 2.25 bits per heavy atom. The largest absolute Gasteiger partial charge is 0.481 e. The van der Waals surface area contributed by atoms with Gasteiger partial charge in [0.25, 0.3) is 0 Å². The molecule has 2 N–H and O–H groups in total. The van der Waals surface area contributed by atoms with E-state index in [1.165, 1.54) is 0 Å². The minimum absolute atomic E-state index is 0.0466. The van der Waals surface area contributed by atoms with Crippen LogP contribution in [-0.2, 0) is 4.79 Å². The van der Waals surface area contributed by atoms with E-state index in [2.05, 4.69) is 19.2 Å². The van der Waals surface area contributed by atoms with Gasteiger partial charge >= 0.3 is 12.0 Å². The highest BCUT2D eigenvalue weighted by Crippen LogP contribution is 2.45. The molecule has 0 aromatic heterocycles. The van der Waals surface area contributed by atoms with Crippen LogP contribution < -0.4 is 5.32 Å². The molecule has 5 nitrogen and oxygen atoms in total. The molecule has 0 radical (unpaired) electrons. The average molecular weight is 282 g/mol. The lowest BCUT2D eigenvalue weighted by Gasteiger charge is -2.43. The molecule has 2 amide bonds. The van der Waals surface area contributed by atoms with E-state index >= 15 is 0 Å². The number of carboxylic acids is 1. The van der Waals surface area contributed by atoms with Gasteiger partial charge in [0, 0.05) is 13.1 Å². The number of nitrogens with one attached hydrogen (secondary N) is 1. The number of carboxylic acid groups (broad SMARTS) is 1. The molecule has 2 saturated carbocycles. The van der Waals surface area contributed by atoms with Crippen LogP contribution in [0, 0.1) is 5.41 Å². The number of rotatable bonds is 4. The van der Waals surface area contributed by atoms with Gasteiger partial charge in [-0.25, -0.2) is 4.79 Å². The van der Waals surface area contributed by atoms with Crippen LogP contribution in [-0.4, -0.2) is 40.6 Å². The lowest BCUT2D eigenvalue weighted by Crippen LogP contribution is -2.55. The second kappa shape index (κ2) is 5.26. The maximum atomic E-state index is 12.4. The first kappa shape index (κ1) is 15.1. The predicted molar refractivity (Wildman–Crippen MR) is 76.5 cm³/mol. The summed E-state index contributed by atoms with van der Waals surface area (Å²) in [7, 11) is 1.75. The summed E-state index contributed by atoms with van der Waals surface area (Å²) in [5.74, 6) is -0.821. The number of hydrogen-bond acceptors (Lipinski definition) is 2. The number of carbonyl (C=O) groups is 2. The summed E-state index contributed by atoms with van der Waals surface area (Å²) >= 11 is 0. The van der Waals surface area contributed by atoms with E-state index in [-0.39, 0.29) is 23.9 Å². The van der Waals surface area contributed by atoms with E-state index in [1.54, 1.807) is 11.9 Å². The van der Waals surface area contributed by atoms with E-state index in [9.17, 15) is 14.7 Å². The van der Waals surface area contributed by atoms with Crippen molar-refractivity contribution >= 4 is 12.0 Å². The summed E-state index contributed by atoms with van der Waals surface area (Å²) in [5.41, 5.74) is -0.323. The van der Waals surface area contributed by atoms with Gasteiger partial charge < -0.3 is 15.3 Å². The third kappa shape index (κ3) is 3.07. The molecule has 1 unspecified atom stereocenters. The number of carbonyl (C=O) groups excluding carboxylic acids is 1. The van der Waals surface area contributed by atoms with Gasteiger partial charge in [-0.3, -0.25) is 4.79 Å². The molecule has 5 heteroatoms. The molecule has 20 heavy (non-hydrogen) atoms. The van der Waals surface area contributed by atoms with Crippen molar-refractivity contribution in [1.82, 2.24) is 10.2 Å². The monoisotopic (exact) mass is 282 g/mol. The second-order valence-corrected chi connectivity index (χ2v) is 7.11. The summed E-state index contributed by atoms with van der Waals surface area (Å²) in [5, 5.41) is 12.2. The van der Waals surface area contributed by atoms with Crippen LogP contribution in [0.15, 0.2) is 0 Å². The van der Waals surface area contributed by atoms with Crippen molar-refractivity contribution < 1.29 is 14.7 Å². The van der Waals surface area contributed by atoms with Gasteiger partial charge in [-0.1, -0.05) is 33.1 Å². The van der Waals surface area contributed by atoms with Crippen LogP contribution in [0.1, 0.15) is 58.8 Å². The smallest absolute Gasteiger partial charge is 0.317 e. The van der Waals surface area contributed by atoms with Crippen LogP contribution >= 0.6 is 0 Å². The Kier molecular flexibility index (Phi) is 3.98. The fourth-order valence-electron chi connectivity index (χ4n) is 3.30. The van der Waals surface area contributed by atoms with Gasteiger partial charge in [-0.2, -0.15) is 0 Å². The number of nitrogens with zero attached hydrogens (tertiary/aromatic N) is 1. The van der Waals surface area contributed by atoms with E-state index in [1.807, 2.05) is 0 Å². The maximum absolute atomic E-state index is 12.4. The fraction of sp³-hybridized carbons (Fsp3) is 0.867. The SMILES string of the molecule is CN(C(=O)NC1CC1(C)C)C1(CC(=O)O)CCCCC1. The molecule has 114 valence electrons. The lowest BCUT2D eigenvalue weighted by atomic mass is 9.78. The maximum Gasteiger partial charge on any atom is 0.317 e. The number of urea groups is 1. The van der Waals surface area contributed by atoms with Crippen LogP contribution in [0.2, 0.25) is 0 Å². The zero-order chi connectivity index (χ0) is 15.0. The molecular formula is C15H26N2O3. The molecule has 2 fully saturated rings. The molecule has 2 rings (SSSR count). The molecule has 0 aromatic rings. The Morgan fingerprint density at radius 2 is 1.80 bits per heavy atom. The predicted octanol–water partition coefficient (Wildman–Crippen LogP) is 2.60. The average Bonchev–Trinajstić information content (AvgIpc) is 2.95. The fourth-order valence-corrected chi connectivity index (χ4v) is 3.30. The van der Waals surface area contributed by atoms with Crippen molar-refractivity contribution in [2.75, 3.05) is 7.05 Å². The highest BCUT2D eigenvalue weighted by Gasteiger charge is 2.48. The molecule has 0 bridgehead atoms. The van der Waals surface area contributed by atoms with Gasteiger partial charge in [0.15, 0.2) is 0 Å². The Labute approximate surface area is 120 Å². The Hall–Kier alpha value is -1.26. The first-order valence-corrected chi connectivity index (χ1v) is 7.53. The number of amides is 2. The quantitative estimate of drug-likeness (QED) is 0.832. The topological polar surface area (TPSA) is 69.6 Å². The van der Waals surface area contributed by atoms with Gasteiger partial charge in [-0.15, -0.1) is 0 Å². The first-order chi connectivity index (χ1) is 9.27. The second-order valence-electron chi connectivity index (χ2n) is 7.11. The van der Waals surface area contributed by atoms with Crippen molar-refractivity contribution in [1.29, 1.82) is 0 Å². The highest BCUT2D eigenvalue weighted by atomic mass is 16.4.